The average Bonchev–Trinajstić information content (AvgIpc) is 2.94. The fourth-order valence-corrected chi connectivity index (χ4v) is 2.70. The second kappa shape index (κ2) is 4.28. The molecule has 18 heavy (non-hydrogen) atoms. The predicted molar refractivity (Wildman–Crippen MR) is 81.1 cm³/mol. The van der Waals surface area contributed by atoms with E-state index >= 15 is 0 Å². The standard InChI is InChI=1S/C14H11IN2O/c1-8(11-3-2-6-16-11)13-10-7-9(15)4-5-12(10)17-14(13)18/h2-7,16H,1H3,(H,17,18)/b13-8-. The summed E-state index contributed by atoms with van der Waals surface area (Å²) in [4.78, 5) is 15.2. The van der Waals surface area contributed by atoms with E-state index in [4.69, 9.17) is 0 Å². The molecule has 1 amide bonds. The molecule has 2 heterocycles. The van der Waals surface area contributed by atoms with E-state index in [0.717, 1.165) is 31.7 Å². The summed E-state index contributed by atoms with van der Waals surface area (Å²) < 4.78 is 1.12. The number of halogens is 1. The van der Waals surface area contributed by atoms with Gasteiger partial charge in [-0.05, 0) is 65.4 Å². The van der Waals surface area contributed by atoms with Gasteiger partial charge in [-0.2, -0.15) is 0 Å². The topological polar surface area (TPSA) is 44.9 Å². The Kier molecular flexibility index (Phi) is 2.74. The van der Waals surface area contributed by atoms with Crippen LogP contribution in [0.15, 0.2) is 36.5 Å². The van der Waals surface area contributed by atoms with Crippen LogP contribution in [0.3, 0.4) is 0 Å². The number of carbonyl (C=O) groups is 1. The van der Waals surface area contributed by atoms with E-state index in [1.165, 1.54) is 0 Å². The van der Waals surface area contributed by atoms with Crippen molar-refractivity contribution in [3.05, 3.63) is 51.4 Å². The van der Waals surface area contributed by atoms with Crippen LogP contribution in [-0.4, -0.2) is 10.9 Å². The van der Waals surface area contributed by atoms with E-state index in [0.29, 0.717) is 0 Å². The molecule has 90 valence electrons. The third kappa shape index (κ3) is 1.77. The number of allylic oxidation sites excluding steroid dienone is 1. The number of fused-ring (bicyclic) bond motifs is 1. The lowest BCUT2D eigenvalue weighted by molar-refractivity contribution is -0.110. The number of rotatable bonds is 1. The number of nitrogens with one attached hydrogen (secondary N) is 2. The average molecular weight is 350 g/mol. The van der Waals surface area contributed by atoms with E-state index in [-0.39, 0.29) is 5.91 Å². The summed E-state index contributed by atoms with van der Waals surface area (Å²) in [6.07, 6.45) is 1.86. The fourth-order valence-electron chi connectivity index (χ4n) is 2.21. The molecule has 1 aliphatic rings. The zero-order chi connectivity index (χ0) is 12.7. The molecule has 3 rings (SSSR count). The van der Waals surface area contributed by atoms with Gasteiger partial charge >= 0.3 is 0 Å². The predicted octanol–water partition coefficient (Wildman–Crippen LogP) is 3.50. The first-order valence-corrected chi connectivity index (χ1v) is 6.70. The molecule has 0 radical (unpaired) electrons. The van der Waals surface area contributed by atoms with Crippen molar-refractivity contribution in [3.8, 4) is 0 Å². The van der Waals surface area contributed by atoms with Crippen LogP contribution in [0, 0.1) is 3.57 Å². The minimum Gasteiger partial charge on any atom is -0.361 e. The van der Waals surface area contributed by atoms with Crippen molar-refractivity contribution in [2.24, 2.45) is 0 Å². The number of carbonyl (C=O) groups excluding carboxylic acids is 1. The van der Waals surface area contributed by atoms with E-state index in [2.05, 4.69) is 32.9 Å². The highest BCUT2D eigenvalue weighted by Crippen LogP contribution is 2.37. The second-order valence-electron chi connectivity index (χ2n) is 4.23. The van der Waals surface area contributed by atoms with Crippen LogP contribution in [0.25, 0.3) is 11.1 Å². The Hall–Kier alpha value is -1.56. The molecular formula is C14H11IN2O. The van der Waals surface area contributed by atoms with Gasteiger partial charge in [0.2, 0.25) is 0 Å². The minimum atomic E-state index is -0.0286. The van der Waals surface area contributed by atoms with Crippen molar-refractivity contribution in [2.75, 3.05) is 5.32 Å². The maximum atomic E-state index is 12.1. The Labute approximate surface area is 118 Å². The van der Waals surface area contributed by atoms with E-state index < -0.39 is 0 Å². The molecule has 0 fully saturated rings. The SMILES string of the molecule is C/C(=C1/C(=O)Nc2ccc(I)cc21)c1ccc[nH]1. The Morgan fingerprint density at radius 2 is 2.11 bits per heavy atom. The molecule has 0 atom stereocenters. The molecule has 2 N–H and O–H groups in total. The van der Waals surface area contributed by atoms with Crippen molar-refractivity contribution in [1.82, 2.24) is 4.98 Å². The molecule has 3 nitrogen and oxygen atoms in total. The smallest absolute Gasteiger partial charge is 0.256 e. The van der Waals surface area contributed by atoms with E-state index in [1.807, 2.05) is 43.5 Å². The zero-order valence-electron chi connectivity index (χ0n) is 9.75. The molecule has 2 aromatic rings. The fraction of sp³-hybridized carbons (Fsp3) is 0.0714. The summed E-state index contributed by atoms with van der Waals surface area (Å²) in [5.41, 5.74) is 4.58. The van der Waals surface area contributed by atoms with Gasteiger partial charge in [0.1, 0.15) is 0 Å². The summed E-state index contributed by atoms with van der Waals surface area (Å²) in [6.45, 7) is 1.97. The summed E-state index contributed by atoms with van der Waals surface area (Å²) in [6, 6.07) is 9.88. The van der Waals surface area contributed by atoms with Gasteiger partial charge in [0.05, 0.1) is 5.57 Å². The van der Waals surface area contributed by atoms with Crippen molar-refractivity contribution >= 4 is 45.3 Å². The van der Waals surface area contributed by atoms with Gasteiger partial charge in [0.25, 0.3) is 5.91 Å². The first kappa shape index (κ1) is 11.5. The van der Waals surface area contributed by atoms with Gasteiger partial charge in [-0.15, -0.1) is 0 Å². The number of H-pyrrole nitrogens is 1. The number of anilines is 1. The molecule has 4 heteroatoms. The van der Waals surface area contributed by atoms with Crippen LogP contribution in [0.1, 0.15) is 18.2 Å². The molecule has 1 aromatic carbocycles. The normalized spacial score (nSPS) is 16.4. The number of amides is 1. The molecular weight excluding hydrogens is 339 g/mol. The largest absolute Gasteiger partial charge is 0.361 e. The van der Waals surface area contributed by atoms with Crippen LogP contribution < -0.4 is 5.32 Å². The van der Waals surface area contributed by atoms with E-state index in [1.54, 1.807) is 0 Å². The van der Waals surface area contributed by atoms with Crippen LogP contribution in [0.4, 0.5) is 5.69 Å². The van der Waals surface area contributed by atoms with Gasteiger partial charge in [-0.3, -0.25) is 4.79 Å². The maximum absolute atomic E-state index is 12.1. The molecule has 0 unspecified atom stereocenters. The third-order valence-electron chi connectivity index (χ3n) is 3.10. The Morgan fingerprint density at radius 1 is 1.28 bits per heavy atom. The highest BCUT2D eigenvalue weighted by Gasteiger charge is 2.26. The third-order valence-corrected chi connectivity index (χ3v) is 3.77. The number of aromatic nitrogens is 1. The first-order valence-electron chi connectivity index (χ1n) is 5.63. The highest BCUT2D eigenvalue weighted by atomic mass is 127. The summed E-state index contributed by atoms with van der Waals surface area (Å²) in [5, 5.41) is 2.90. The molecule has 0 saturated carbocycles. The van der Waals surface area contributed by atoms with Crippen LogP contribution in [0.5, 0.6) is 0 Å². The van der Waals surface area contributed by atoms with Gasteiger partial charge in [-0.25, -0.2) is 0 Å². The van der Waals surface area contributed by atoms with Crippen molar-refractivity contribution in [3.63, 3.8) is 0 Å². The highest BCUT2D eigenvalue weighted by molar-refractivity contribution is 14.1. The van der Waals surface area contributed by atoms with Crippen LogP contribution in [0.2, 0.25) is 0 Å². The summed E-state index contributed by atoms with van der Waals surface area (Å²) >= 11 is 2.26. The minimum absolute atomic E-state index is 0.0286. The molecule has 0 aliphatic carbocycles. The van der Waals surface area contributed by atoms with Gasteiger partial charge < -0.3 is 10.3 Å². The van der Waals surface area contributed by atoms with Crippen LogP contribution >= 0.6 is 22.6 Å². The lowest BCUT2D eigenvalue weighted by Crippen LogP contribution is -2.05. The Morgan fingerprint density at radius 3 is 2.83 bits per heavy atom. The number of hydrogen-bond acceptors (Lipinski definition) is 1. The van der Waals surface area contributed by atoms with E-state index in [9.17, 15) is 4.79 Å². The Bertz CT molecular complexity index is 656. The second-order valence-corrected chi connectivity index (χ2v) is 5.47. The summed E-state index contributed by atoms with van der Waals surface area (Å²) in [5.74, 6) is -0.0286. The Balaban J connectivity index is 2.23. The quantitative estimate of drug-likeness (QED) is 0.600. The molecule has 1 aliphatic heterocycles. The molecule has 0 saturated heterocycles. The van der Waals surface area contributed by atoms with Crippen LogP contribution in [-0.2, 0) is 4.79 Å². The number of hydrogen-bond donors (Lipinski definition) is 2. The molecule has 0 bridgehead atoms. The number of aromatic amines is 1. The van der Waals surface area contributed by atoms with Crippen molar-refractivity contribution in [1.29, 1.82) is 0 Å². The maximum Gasteiger partial charge on any atom is 0.256 e. The lowest BCUT2D eigenvalue weighted by atomic mass is 10.0. The summed E-state index contributed by atoms with van der Waals surface area (Å²) in [7, 11) is 0. The monoisotopic (exact) mass is 350 g/mol. The van der Waals surface area contributed by atoms with Gasteiger partial charge in [0.15, 0.2) is 0 Å². The van der Waals surface area contributed by atoms with Crippen molar-refractivity contribution in [2.45, 2.75) is 6.92 Å². The van der Waals surface area contributed by atoms with Gasteiger partial charge in [-0.1, -0.05) is 0 Å². The van der Waals surface area contributed by atoms with Crippen molar-refractivity contribution < 1.29 is 4.79 Å². The molecule has 0 spiro atoms. The zero-order valence-corrected chi connectivity index (χ0v) is 11.9. The first-order chi connectivity index (χ1) is 8.66. The lowest BCUT2D eigenvalue weighted by Gasteiger charge is -2.04. The molecule has 1 aromatic heterocycles. The van der Waals surface area contributed by atoms with Gasteiger partial charge in [0, 0.05) is 26.7 Å². The number of benzene rings is 1.